The summed E-state index contributed by atoms with van der Waals surface area (Å²) in [6, 6.07) is 14.0. The molecule has 0 fully saturated rings. The topological polar surface area (TPSA) is 43.5 Å². The van der Waals surface area contributed by atoms with Crippen LogP contribution in [0.4, 0.5) is 5.69 Å². The van der Waals surface area contributed by atoms with Crippen molar-refractivity contribution < 1.29 is 14.5 Å². The Labute approximate surface area is 191 Å². The minimum atomic E-state index is -2.53. The minimum absolute atomic E-state index is 0.332. The molecule has 0 saturated carbocycles. The van der Waals surface area contributed by atoms with Crippen LogP contribution in [0, 0.1) is 0 Å². The number of carbonyl (C=O) groups is 1. The van der Waals surface area contributed by atoms with Crippen LogP contribution in [0.15, 0.2) is 76.1 Å². The molecule has 1 N–H and O–H groups in total. The maximum absolute atomic E-state index is 12.1. The smallest absolute Gasteiger partial charge is 0.336 e. The summed E-state index contributed by atoms with van der Waals surface area (Å²) in [6.07, 6.45) is 13.8. The van der Waals surface area contributed by atoms with Crippen LogP contribution in [-0.2, 0) is 0 Å². The van der Waals surface area contributed by atoms with Crippen LogP contribution >= 0.6 is 9.16 Å². The van der Waals surface area contributed by atoms with Gasteiger partial charge in [-0.05, 0) is 75.1 Å². The van der Waals surface area contributed by atoms with Crippen molar-refractivity contribution in [2.24, 2.45) is 0 Å². The lowest BCUT2D eigenvalue weighted by atomic mass is 9.87. The molecule has 0 spiro atoms. The second-order valence-corrected chi connectivity index (χ2v) is 16.8. The van der Waals surface area contributed by atoms with Crippen molar-refractivity contribution in [3.63, 3.8) is 0 Å². The number of hydrogen-bond donors (Lipinski definition) is 2. The van der Waals surface area contributed by atoms with E-state index >= 15 is 0 Å². The van der Waals surface area contributed by atoms with E-state index in [0.717, 1.165) is 33.7 Å². The van der Waals surface area contributed by atoms with Crippen molar-refractivity contribution >= 4 is 32.1 Å². The molecular formula is C27H33N2O2S+. The quantitative estimate of drug-likeness (QED) is 0.525. The van der Waals surface area contributed by atoms with E-state index in [1.54, 1.807) is 12.1 Å². The Bertz CT molecular complexity index is 1280. The largest absolute Gasteiger partial charge is 0.478 e. The minimum Gasteiger partial charge on any atom is -0.478 e. The average molecular weight is 450 g/mol. The number of allylic oxidation sites excluding steroid dienone is 4. The highest BCUT2D eigenvalue weighted by atomic mass is 32.3. The van der Waals surface area contributed by atoms with Gasteiger partial charge in [-0.2, -0.15) is 0 Å². The highest BCUT2D eigenvalue weighted by Gasteiger charge is 2.43. The zero-order valence-corrected chi connectivity index (χ0v) is 20.9. The molecule has 168 valence electrons. The van der Waals surface area contributed by atoms with E-state index in [1.807, 2.05) is 12.1 Å². The standard InChI is InChI=1S/C27H32N2O2S/c1-28(2)18-12-14-22-24(16-18)32(5,6,7)25-17-19(29(3)4)13-15-23(25)26(22)20-10-8-9-11-21(20)27(30)31/h8-17,32H,1-7H3/p+1. The third kappa shape index (κ3) is 3.32. The lowest BCUT2D eigenvalue weighted by Gasteiger charge is -2.58. The zero-order valence-electron chi connectivity index (χ0n) is 20.0. The number of nitrogens with zero attached hydrogens (tertiary/aromatic N) is 2. The fourth-order valence-corrected chi connectivity index (χ4v) is 8.25. The van der Waals surface area contributed by atoms with Gasteiger partial charge in [0.15, 0.2) is 5.71 Å². The van der Waals surface area contributed by atoms with E-state index in [4.69, 9.17) is 0 Å². The number of thiol groups is 1. The van der Waals surface area contributed by atoms with Crippen LogP contribution in [0.25, 0.3) is 5.57 Å². The van der Waals surface area contributed by atoms with Gasteiger partial charge < -0.3 is 10.0 Å². The Morgan fingerprint density at radius 1 is 0.969 bits per heavy atom. The Kier molecular flexibility index (Phi) is 5.01. The lowest BCUT2D eigenvalue weighted by Crippen LogP contribution is -2.27. The normalized spacial score (nSPS) is 19.3. The molecule has 4 nitrogen and oxygen atoms in total. The molecule has 0 atom stereocenters. The number of hydrogen-bond acceptors (Lipinski definition) is 2. The summed E-state index contributed by atoms with van der Waals surface area (Å²) in [5.41, 5.74) is 6.69. The molecular weight excluding hydrogens is 416 g/mol. The number of rotatable bonds is 3. The molecule has 1 heterocycles. The lowest BCUT2D eigenvalue weighted by molar-refractivity contribution is -0.462. The second kappa shape index (κ2) is 7.24. The van der Waals surface area contributed by atoms with Crippen molar-refractivity contribution in [2.45, 2.75) is 4.90 Å². The molecule has 1 aliphatic carbocycles. The molecule has 4 rings (SSSR count). The van der Waals surface area contributed by atoms with E-state index < -0.39 is 15.1 Å². The van der Waals surface area contributed by atoms with Crippen molar-refractivity contribution in [1.82, 2.24) is 0 Å². The summed E-state index contributed by atoms with van der Waals surface area (Å²) in [5.74, 6) is -0.904. The first kappa shape index (κ1) is 22.2. The first-order valence-corrected chi connectivity index (χ1v) is 14.3. The van der Waals surface area contributed by atoms with E-state index in [1.165, 1.54) is 9.80 Å². The summed E-state index contributed by atoms with van der Waals surface area (Å²) in [5, 5.41) is 9.96. The number of benzene rings is 2. The summed E-state index contributed by atoms with van der Waals surface area (Å²) in [7, 11) is 5.71. The fourth-order valence-electron chi connectivity index (χ4n) is 4.77. The average Bonchev–Trinajstić information content (AvgIpc) is 2.73. The number of carboxylic acid groups (broad SMARTS) is 1. The SMILES string of the molecule is CN(C)c1ccc2c(c1)[SH](C)(C)(C)C1=CC(=[N+](C)C)C=CC1=C2c1ccccc1C(=O)O. The number of fused-ring (bicyclic) bond motifs is 2. The number of carboxylic acids is 1. The predicted molar refractivity (Wildman–Crippen MR) is 140 cm³/mol. The molecule has 0 bridgehead atoms. The third-order valence-corrected chi connectivity index (χ3v) is 10.8. The maximum Gasteiger partial charge on any atom is 0.336 e. The predicted octanol–water partition coefficient (Wildman–Crippen LogP) is 4.75. The van der Waals surface area contributed by atoms with Gasteiger partial charge in [0.05, 0.1) is 5.56 Å². The van der Waals surface area contributed by atoms with Gasteiger partial charge in [-0.15, -0.1) is 0 Å². The van der Waals surface area contributed by atoms with E-state index in [-0.39, 0.29) is 0 Å². The van der Waals surface area contributed by atoms with Gasteiger partial charge >= 0.3 is 5.97 Å². The van der Waals surface area contributed by atoms with Crippen LogP contribution in [0.2, 0.25) is 0 Å². The molecule has 5 heteroatoms. The van der Waals surface area contributed by atoms with Crippen LogP contribution in [0.1, 0.15) is 21.5 Å². The Morgan fingerprint density at radius 3 is 2.28 bits per heavy atom. The van der Waals surface area contributed by atoms with Crippen molar-refractivity contribution in [3.8, 4) is 0 Å². The van der Waals surface area contributed by atoms with Crippen LogP contribution < -0.4 is 4.90 Å². The first-order chi connectivity index (χ1) is 14.9. The molecule has 0 saturated heterocycles. The fraction of sp³-hybridized carbons (Fsp3) is 0.259. The third-order valence-electron chi connectivity index (χ3n) is 6.65. The van der Waals surface area contributed by atoms with Crippen molar-refractivity contribution in [3.05, 3.63) is 87.9 Å². The van der Waals surface area contributed by atoms with Gasteiger partial charge in [-0.1, -0.05) is 24.3 Å². The molecule has 0 amide bonds. The highest BCUT2D eigenvalue weighted by Crippen LogP contribution is 2.78. The Hall–Kier alpha value is -3.05. The molecule has 0 radical (unpaired) electrons. The number of anilines is 1. The molecule has 2 aliphatic rings. The Balaban J connectivity index is 2.19. The van der Waals surface area contributed by atoms with E-state index in [2.05, 4.69) is 92.9 Å². The second-order valence-electron chi connectivity index (χ2n) is 10.2. The van der Waals surface area contributed by atoms with Crippen LogP contribution in [-0.4, -0.2) is 68.3 Å². The van der Waals surface area contributed by atoms with Gasteiger partial charge in [0.2, 0.25) is 0 Å². The van der Waals surface area contributed by atoms with Crippen molar-refractivity contribution in [2.75, 3.05) is 51.9 Å². The summed E-state index contributed by atoms with van der Waals surface area (Å²) in [4.78, 5) is 16.9. The van der Waals surface area contributed by atoms with Gasteiger partial charge in [0.25, 0.3) is 0 Å². The first-order valence-electron chi connectivity index (χ1n) is 10.8. The monoisotopic (exact) mass is 449 g/mol. The summed E-state index contributed by atoms with van der Waals surface area (Å²) < 4.78 is 2.13. The molecule has 0 aromatic heterocycles. The highest BCUT2D eigenvalue weighted by molar-refractivity contribution is 8.51. The Morgan fingerprint density at radius 2 is 1.66 bits per heavy atom. The van der Waals surface area contributed by atoms with Crippen LogP contribution in [0.3, 0.4) is 0 Å². The van der Waals surface area contributed by atoms with Crippen LogP contribution in [0.5, 0.6) is 0 Å². The van der Waals surface area contributed by atoms with E-state index in [9.17, 15) is 9.90 Å². The molecule has 2 aromatic rings. The molecule has 32 heavy (non-hydrogen) atoms. The molecule has 2 aromatic carbocycles. The van der Waals surface area contributed by atoms with Gasteiger partial charge in [-0.25, -0.2) is 18.5 Å². The van der Waals surface area contributed by atoms with Gasteiger partial charge in [-0.3, -0.25) is 0 Å². The molecule has 0 unspecified atom stereocenters. The van der Waals surface area contributed by atoms with E-state index in [0.29, 0.717) is 5.56 Å². The maximum atomic E-state index is 12.1. The van der Waals surface area contributed by atoms with Crippen molar-refractivity contribution in [1.29, 1.82) is 0 Å². The van der Waals surface area contributed by atoms with Gasteiger partial charge in [0.1, 0.15) is 14.1 Å². The summed E-state index contributed by atoms with van der Waals surface area (Å²) in [6.45, 7) is 0. The number of aromatic carboxylic acids is 1. The van der Waals surface area contributed by atoms with Gasteiger partial charge in [0, 0.05) is 31.9 Å². The summed E-state index contributed by atoms with van der Waals surface area (Å²) >= 11 is 0. The zero-order chi connectivity index (χ0) is 23.4. The molecule has 1 aliphatic heterocycles.